The Morgan fingerprint density at radius 1 is 1.18 bits per heavy atom. The Morgan fingerprint density at radius 2 is 2.00 bits per heavy atom. The lowest BCUT2D eigenvalue weighted by Gasteiger charge is -2.06. The van der Waals surface area contributed by atoms with Crippen molar-refractivity contribution in [2.75, 3.05) is 7.05 Å². The number of nitrogens with zero attached hydrogens (tertiary/aromatic N) is 2. The number of hydrogen-bond donors (Lipinski definition) is 1. The van der Waals surface area contributed by atoms with Crippen molar-refractivity contribution in [1.29, 1.82) is 0 Å². The molecule has 0 amide bonds. The largest absolute Gasteiger partial charge is 0.487 e. The predicted octanol–water partition coefficient (Wildman–Crippen LogP) is 1.77. The Labute approximate surface area is 101 Å². The average Bonchev–Trinajstić information content (AvgIpc) is 2.40. The normalized spacial score (nSPS) is 10.2. The first-order valence-corrected chi connectivity index (χ1v) is 5.50. The molecule has 1 N–H and O–H groups in total. The van der Waals surface area contributed by atoms with Gasteiger partial charge in [0.15, 0.2) is 0 Å². The van der Waals surface area contributed by atoms with Crippen LogP contribution in [0, 0.1) is 0 Å². The fourth-order valence-corrected chi connectivity index (χ4v) is 1.47. The van der Waals surface area contributed by atoms with Crippen LogP contribution < -0.4 is 10.1 Å². The van der Waals surface area contributed by atoms with Crippen molar-refractivity contribution in [3.63, 3.8) is 0 Å². The number of nitrogens with one attached hydrogen (secondary N) is 1. The molecule has 1 aromatic carbocycles. The summed E-state index contributed by atoms with van der Waals surface area (Å²) in [5, 5.41) is 3.10. The predicted molar refractivity (Wildman–Crippen MR) is 65.6 cm³/mol. The van der Waals surface area contributed by atoms with Crippen LogP contribution >= 0.6 is 0 Å². The smallest absolute Gasteiger partial charge is 0.132 e. The highest BCUT2D eigenvalue weighted by atomic mass is 16.5. The minimum atomic E-state index is 0.444. The van der Waals surface area contributed by atoms with Gasteiger partial charge in [0.25, 0.3) is 0 Å². The summed E-state index contributed by atoms with van der Waals surface area (Å²) in [6, 6.07) is 8.01. The van der Waals surface area contributed by atoms with Gasteiger partial charge >= 0.3 is 0 Å². The second kappa shape index (κ2) is 5.96. The highest BCUT2D eigenvalue weighted by Crippen LogP contribution is 2.13. The molecule has 0 saturated carbocycles. The van der Waals surface area contributed by atoms with Crippen LogP contribution in [0.15, 0.2) is 42.9 Å². The number of hydrogen-bond acceptors (Lipinski definition) is 4. The maximum atomic E-state index is 5.60. The molecule has 4 nitrogen and oxygen atoms in total. The first-order chi connectivity index (χ1) is 8.38. The van der Waals surface area contributed by atoms with Gasteiger partial charge in [0.2, 0.25) is 0 Å². The molecule has 1 aromatic heterocycles. The van der Waals surface area contributed by atoms with E-state index < -0.39 is 0 Å². The van der Waals surface area contributed by atoms with E-state index in [1.807, 2.05) is 31.3 Å². The van der Waals surface area contributed by atoms with Gasteiger partial charge in [0.05, 0.1) is 11.9 Å². The van der Waals surface area contributed by atoms with E-state index in [-0.39, 0.29) is 0 Å². The summed E-state index contributed by atoms with van der Waals surface area (Å²) in [5.41, 5.74) is 2.06. The van der Waals surface area contributed by atoms with E-state index in [1.54, 1.807) is 18.6 Å². The lowest BCUT2D eigenvalue weighted by molar-refractivity contribution is 0.300. The van der Waals surface area contributed by atoms with Crippen LogP contribution in [0.3, 0.4) is 0 Å². The molecule has 0 aliphatic carbocycles. The van der Waals surface area contributed by atoms with Gasteiger partial charge in [-0.3, -0.25) is 9.97 Å². The molecule has 0 aliphatic rings. The molecule has 0 bridgehead atoms. The molecule has 0 unspecified atom stereocenters. The molecule has 0 saturated heterocycles. The van der Waals surface area contributed by atoms with Crippen molar-refractivity contribution in [2.45, 2.75) is 13.2 Å². The molecule has 88 valence electrons. The van der Waals surface area contributed by atoms with Gasteiger partial charge in [-0.25, -0.2) is 0 Å². The van der Waals surface area contributed by atoms with Gasteiger partial charge in [-0.1, -0.05) is 12.1 Å². The molecular formula is C13H15N3O. The summed E-state index contributed by atoms with van der Waals surface area (Å²) in [6.07, 6.45) is 5.01. The summed E-state index contributed by atoms with van der Waals surface area (Å²) in [6.45, 7) is 1.31. The van der Waals surface area contributed by atoms with Crippen molar-refractivity contribution in [3.8, 4) is 5.75 Å². The lowest BCUT2D eigenvalue weighted by Crippen LogP contribution is -2.04. The SMILES string of the molecule is CNCc1ccc(OCc2cnccn2)cc1. The number of aromatic nitrogens is 2. The van der Waals surface area contributed by atoms with E-state index in [1.165, 1.54) is 5.56 Å². The highest BCUT2D eigenvalue weighted by molar-refractivity contribution is 5.27. The van der Waals surface area contributed by atoms with Gasteiger partial charge in [-0.15, -0.1) is 0 Å². The summed E-state index contributed by atoms with van der Waals surface area (Å²) < 4.78 is 5.60. The highest BCUT2D eigenvalue weighted by Gasteiger charge is 1.97. The lowest BCUT2D eigenvalue weighted by atomic mass is 10.2. The second-order valence-electron chi connectivity index (χ2n) is 3.66. The van der Waals surface area contributed by atoms with Gasteiger partial charge in [0, 0.05) is 18.9 Å². The molecule has 1 heterocycles. The van der Waals surface area contributed by atoms with E-state index in [0.29, 0.717) is 6.61 Å². The fourth-order valence-electron chi connectivity index (χ4n) is 1.47. The molecule has 0 aliphatic heterocycles. The van der Waals surface area contributed by atoms with E-state index in [2.05, 4.69) is 15.3 Å². The molecule has 2 aromatic rings. The molecule has 17 heavy (non-hydrogen) atoms. The third kappa shape index (κ3) is 3.53. The van der Waals surface area contributed by atoms with Gasteiger partial charge in [-0.05, 0) is 24.7 Å². The van der Waals surface area contributed by atoms with Crippen LogP contribution in [-0.2, 0) is 13.2 Å². The Balaban J connectivity index is 1.91. The van der Waals surface area contributed by atoms with Crippen molar-refractivity contribution in [1.82, 2.24) is 15.3 Å². The van der Waals surface area contributed by atoms with E-state index in [4.69, 9.17) is 4.74 Å². The Kier molecular flexibility index (Phi) is 4.05. The molecule has 0 fully saturated rings. The number of ether oxygens (including phenoxy) is 1. The van der Waals surface area contributed by atoms with Crippen LogP contribution in [0.2, 0.25) is 0 Å². The molecular weight excluding hydrogens is 214 g/mol. The summed E-state index contributed by atoms with van der Waals surface area (Å²) in [4.78, 5) is 8.13. The van der Waals surface area contributed by atoms with Crippen LogP contribution in [0.4, 0.5) is 0 Å². The minimum absolute atomic E-state index is 0.444. The Morgan fingerprint density at radius 3 is 2.65 bits per heavy atom. The molecule has 0 radical (unpaired) electrons. The third-order valence-corrected chi connectivity index (χ3v) is 2.31. The van der Waals surface area contributed by atoms with E-state index >= 15 is 0 Å². The first-order valence-electron chi connectivity index (χ1n) is 5.50. The van der Waals surface area contributed by atoms with Crippen LogP contribution in [0.1, 0.15) is 11.3 Å². The van der Waals surface area contributed by atoms with Gasteiger partial charge in [-0.2, -0.15) is 0 Å². The number of rotatable bonds is 5. The zero-order valence-electron chi connectivity index (χ0n) is 9.76. The van der Waals surface area contributed by atoms with Crippen molar-refractivity contribution in [2.24, 2.45) is 0 Å². The van der Waals surface area contributed by atoms with Crippen molar-refractivity contribution < 1.29 is 4.74 Å². The van der Waals surface area contributed by atoms with Gasteiger partial charge in [0.1, 0.15) is 12.4 Å². The zero-order chi connectivity index (χ0) is 11.9. The quantitative estimate of drug-likeness (QED) is 0.849. The van der Waals surface area contributed by atoms with Gasteiger partial charge < -0.3 is 10.1 Å². The Bertz CT molecular complexity index is 442. The van der Waals surface area contributed by atoms with Crippen LogP contribution in [0.5, 0.6) is 5.75 Å². The zero-order valence-corrected chi connectivity index (χ0v) is 9.76. The van der Waals surface area contributed by atoms with Crippen LogP contribution in [0.25, 0.3) is 0 Å². The van der Waals surface area contributed by atoms with Crippen molar-refractivity contribution in [3.05, 3.63) is 54.1 Å². The van der Waals surface area contributed by atoms with Crippen molar-refractivity contribution >= 4 is 0 Å². The van der Waals surface area contributed by atoms with E-state index in [9.17, 15) is 0 Å². The van der Waals surface area contributed by atoms with E-state index in [0.717, 1.165) is 18.0 Å². The third-order valence-electron chi connectivity index (χ3n) is 2.31. The maximum absolute atomic E-state index is 5.60. The second-order valence-corrected chi connectivity index (χ2v) is 3.66. The average molecular weight is 229 g/mol. The standard InChI is InChI=1S/C13H15N3O/c1-14-8-11-2-4-13(5-3-11)17-10-12-9-15-6-7-16-12/h2-7,9,14H,8,10H2,1H3. The number of benzene rings is 1. The Hall–Kier alpha value is -1.94. The molecule has 0 atom stereocenters. The fraction of sp³-hybridized carbons (Fsp3) is 0.231. The molecule has 0 spiro atoms. The maximum Gasteiger partial charge on any atom is 0.132 e. The monoisotopic (exact) mass is 229 g/mol. The molecule has 2 rings (SSSR count). The summed E-state index contributed by atoms with van der Waals surface area (Å²) in [5.74, 6) is 0.843. The molecule has 4 heteroatoms. The topological polar surface area (TPSA) is 47.0 Å². The summed E-state index contributed by atoms with van der Waals surface area (Å²) in [7, 11) is 1.93. The van der Waals surface area contributed by atoms with Crippen LogP contribution in [-0.4, -0.2) is 17.0 Å². The minimum Gasteiger partial charge on any atom is -0.487 e. The summed E-state index contributed by atoms with van der Waals surface area (Å²) >= 11 is 0. The first kappa shape index (κ1) is 11.5.